The second kappa shape index (κ2) is 9.04. The van der Waals surface area contributed by atoms with Gasteiger partial charge in [0.2, 0.25) is 0 Å². The highest BCUT2D eigenvalue weighted by Crippen LogP contribution is 2.25. The fourth-order valence-corrected chi connectivity index (χ4v) is 3.31. The lowest BCUT2D eigenvalue weighted by Crippen LogP contribution is -2.36. The molecule has 2 fully saturated rings. The topological polar surface area (TPSA) is 44.9 Å². The van der Waals surface area contributed by atoms with Crippen LogP contribution in [0.15, 0.2) is 29.3 Å². The van der Waals surface area contributed by atoms with Crippen LogP contribution in [0.2, 0.25) is 0 Å². The minimum Gasteiger partial charge on any atom is -0.370 e. The van der Waals surface area contributed by atoms with E-state index in [1.165, 1.54) is 49.8 Å². The van der Waals surface area contributed by atoms with E-state index in [1.807, 2.05) is 7.05 Å². The fraction of sp³-hybridized carbons (Fsp3) is 0.632. The molecule has 1 unspecified atom stereocenters. The Labute approximate surface area is 163 Å². The summed E-state index contributed by atoms with van der Waals surface area (Å²) in [6, 6.07) is 10.2. The number of piperidine rings is 1. The van der Waals surface area contributed by atoms with Crippen LogP contribution in [0.5, 0.6) is 0 Å². The molecular formula is C19H31IN4. The number of halogens is 1. The van der Waals surface area contributed by atoms with E-state index >= 15 is 0 Å². The van der Waals surface area contributed by atoms with Gasteiger partial charge in [0, 0.05) is 25.7 Å². The van der Waals surface area contributed by atoms with Crippen LogP contribution in [-0.4, -0.2) is 41.4 Å². The Hall–Kier alpha value is -0.820. The molecule has 0 bridgehead atoms. The van der Waals surface area contributed by atoms with Gasteiger partial charge in [-0.15, -0.1) is 24.0 Å². The molecule has 1 atom stereocenters. The summed E-state index contributed by atoms with van der Waals surface area (Å²) in [4.78, 5) is 9.22. The second-order valence-electron chi connectivity index (χ2n) is 7.15. The van der Waals surface area contributed by atoms with Gasteiger partial charge in [-0.25, -0.2) is 4.99 Å². The molecule has 1 heterocycles. The molecule has 24 heavy (non-hydrogen) atoms. The van der Waals surface area contributed by atoms with Crippen molar-refractivity contribution in [3.05, 3.63) is 35.4 Å². The van der Waals surface area contributed by atoms with E-state index in [0.29, 0.717) is 24.6 Å². The maximum Gasteiger partial charge on any atom is 0.191 e. The summed E-state index contributed by atoms with van der Waals surface area (Å²) in [5, 5.41) is 0. The molecule has 1 saturated carbocycles. The van der Waals surface area contributed by atoms with Gasteiger partial charge >= 0.3 is 0 Å². The first-order valence-corrected chi connectivity index (χ1v) is 8.98. The quantitative estimate of drug-likeness (QED) is 0.431. The molecule has 5 heteroatoms. The maximum absolute atomic E-state index is 6.04. The highest BCUT2D eigenvalue weighted by molar-refractivity contribution is 14.0. The van der Waals surface area contributed by atoms with Crippen LogP contribution in [-0.2, 0) is 13.1 Å². The van der Waals surface area contributed by atoms with Crippen molar-refractivity contribution in [1.82, 2.24) is 9.80 Å². The minimum absolute atomic E-state index is 0. The lowest BCUT2D eigenvalue weighted by molar-refractivity contribution is 0.152. The van der Waals surface area contributed by atoms with Crippen LogP contribution in [0, 0.1) is 0 Å². The molecular weight excluding hydrogens is 411 g/mol. The molecule has 0 aromatic heterocycles. The zero-order valence-corrected chi connectivity index (χ0v) is 17.3. The molecule has 2 N–H and O–H groups in total. The molecule has 3 rings (SSSR count). The zero-order chi connectivity index (χ0) is 16.2. The Morgan fingerprint density at radius 2 is 1.83 bits per heavy atom. The Kier molecular flexibility index (Phi) is 7.34. The average molecular weight is 442 g/mol. The van der Waals surface area contributed by atoms with Crippen LogP contribution in [0.1, 0.15) is 50.2 Å². The van der Waals surface area contributed by atoms with Crippen molar-refractivity contribution in [3.8, 4) is 0 Å². The second-order valence-corrected chi connectivity index (χ2v) is 7.15. The first kappa shape index (κ1) is 19.5. The highest BCUT2D eigenvalue weighted by Gasteiger charge is 2.27. The number of nitrogens with two attached hydrogens (primary N) is 1. The Balaban J connectivity index is 0.00000208. The number of aliphatic imine (C=N–C) groups is 1. The number of likely N-dealkylation sites (tertiary alicyclic amines) is 1. The maximum atomic E-state index is 6.04. The normalized spacial score (nSPS) is 22.1. The molecule has 1 aliphatic heterocycles. The van der Waals surface area contributed by atoms with E-state index in [2.05, 4.69) is 46.0 Å². The van der Waals surface area contributed by atoms with Gasteiger partial charge in [0.05, 0.1) is 6.54 Å². The van der Waals surface area contributed by atoms with Crippen LogP contribution >= 0.6 is 24.0 Å². The van der Waals surface area contributed by atoms with Crippen molar-refractivity contribution in [1.29, 1.82) is 0 Å². The third-order valence-electron chi connectivity index (χ3n) is 5.23. The Morgan fingerprint density at radius 3 is 2.46 bits per heavy atom. The predicted octanol–water partition coefficient (Wildman–Crippen LogP) is 3.59. The summed E-state index contributed by atoms with van der Waals surface area (Å²) in [6.07, 6.45) is 6.55. The fourth-order valence-electron chi connectivity index (χ4n) is 3.31. The van der Waals surface area contributed by atoms with Crippen molar-refractivity contribution in [2.24, 2.45) is 10.7 Å². The average Bonchev–Trinajstić information content (AvgIpc) is 3.40. The van der Waals surface area contributed by atoms with Crippen LogP contribution < -0.4 is 5.73 Å². The van der Waals surface area contributed by atoms with Gasteiger partial charge in [-0.05, 0) is 50.3 Å². The van der Waals surface area contributed by atoms with E-state index in [9.17, 15) is 0 Å². The first-order chi connectivity index (χ1) is 11.1. The summed E-state index contributed by atoms with van der Waals surface area (Å²) in [7, 11) is 2.04. The molecule has 4 nitrogen and oxygen atoms in total. The summed E-state index contributed by atoms with van der Waals surface area (Å²) >= 11 is 0. The van der Waals surface area contributed by atoms with Gasteiger partial charge in [0.1, 0.15) is 0 Å². The first-order valence-electron chi connectivity index (χ1n) is 8.98. The lowest BCUT2D eigenvalue weighted by Gasteiger charge is -2.33. The number of hydrogen-bond acceptors (Lipinski definition) is 2. The molecule has 0 radical (unpaired) electrons. The Morgan fingerprint density at radius 1 is 1.17 bits per heavy atom. The molecule has 1 aliphatic carbocycles. The van der Waals surface area contributed by atoms with Crippen molar-refractivity contribution in [2.45, 2.75) is 64.2 Å². The summed E-state index contributed by atoms with van der Waals surface area (Å²) in [6.45, 7) is 5.32. The monoisotopic (exact) mass is 442 g/mol. The summed E-state index contributed by atoms with van der Waals surface area (Å²) in [5.74, 6) is 0.665. The van der Waals surface area contributed by atoms with Gasteiger partial charge in [-0.3, -0.25) is 4.90 Å². The summed E-state index contributed by atoms with van der Waals surface area (Å²) < 4.78 is 0. The SMILES string of the molecule is CC1CCCCN1Cc1ccc(CN=C(N)N(C)C2CC2)cc1.I. The number of guanidine groups is 1. The Bertz CT molecular complexity index is 539. The highest BCUT2D eigenvalue weighted by atomic mass is 127. The molecule has 0 amide bonds. The van der Waals surface area contributed by atoms with Crippen LogP contribution in [0.25, 0.3) is 0 Å². The molecule has 1 aromatic carbocycles. The molecule has 2 aliphatic rings. The molecule has 0 spiro atoms. The molecule has 134 valence electrons. The third kappa shape index (κ3) is 5.34. The van der Waals surface area contributed by atoms with Gasteiger partial charge in [0.25, 0.3) is 0 Å². The molecule has 1 saturated heterocycles. The molecule has 1 aromatic rings. The van der Waals surface area contributed by atoms with Crippen molar-refractivity contribution in [3.63, 3.8) is 0 Å². The van der Waals surface area contributed by atoms with Crippen molar-refractivity contribution >= 4 is 29.9 Å². The number of rotatable bonds is 5. The number of hydrogen-bond donors (Lipinski definition) is 1. The number of benzene rings is 1. The van der Waals surface area contributed by atoms with Gasteiger partial charge in [-0.2, -0.15) is 0 Å². The number of nitrogens with zero attached hydrogens (tertiary/aromatic N) is 3. The third-order valence-corrected chi connectivity index (χ3v) is 5.23. The van der Waals surface area contributed by atoms with Crippen LogP contribution in [0.3, 0.4) is 0 Å². The minimum atomic E-state index is 0. The van der Waals surface area contributed by atoms with E-state index < -0.39 is 0 Å². The van der Waals surface area contributed by atoms with E-state index in [4.69, 9.17) is 5.73 Å². The van der Waals surface area contributed by atoms with E-state index in [1.54, 1.807) is 0 Å². The van der Waals surface area contributed by atoms with Crippen molar-refractivity contribution < 1.29 is 0 Å². The van der Waals surface area contributed by atoms with E-state index in [0.717, 1.165) is 6.54 Å². The van der Waals surface area contributed by atoms with Crippen LogP contribution in [0.4, 0.5) is 0 Å². The standard InChI is InChI=1S/C19H30N4.HI/c1-15-5-3-4-12-23(15)14-17-8-6-16(7-9-17)13-21-19(20)22(2)18-10-11-18;/h6-9,15,18H,3-5,10-14H2,1-2H3,(H2,20,21);1H. The van der Waals surface area contributed by atoms with Gasteiger partial charge in [-0.1, -0.05) is 30.7 Å². The smallest absolute Gasteiger partial charge is 0.191 e. The summed E-state index contributed by atoms with van der Waals surface area (Å²) in [5.41, 5.74) is 8.67. The zero-order valence-electron chi connectivity index (χ0n) is 14.9. The van der Waals surface area contributed by atoms with E-state index in [-0.39, 0.29) is 24.0 Å². The predicted molar refractivity (Wildman–Crippen MR) is 112 cm³/mol. The van der Waals surface area contributed by atoms with Gasteiger partial charge in [0.15, 0.2) is 5.96 Å². The lowest BCUT2D eigenvalue weighted by atomic mass is 10.0. The largest absolute Gasteiger partial charge is 0.370 e. The van der Waals surface area contributed by atoms with Crippen molar-refractivity contribution in [2.75, 3.05) is 13.6 Å². The van der Waals surface area contributed by atoms with Gasteiger partial charge < -0.3 is 10.6 Å².